The molecule has 0 saturated carbocycles. The molecule has 12 heavy (non-hydrogen) atoms. The van der Waals surface area contributed by atoms with Crippen LogP contribution in [0.3, 0.4) is 0 Å². The number of hydrogen-bond donors (Lipinski definition) is 1. The number of hydrogen-bond acceptors (Lipinski definition) is 3. The number of carbonyl (C=O) groups is 1. The summed E-state index contributed by atoms with van der Waals surface area (Å²) in [6.07, 6.45) is 3.95. The van der Waals surface area contributed by atoms with Gasteiger partial charge in [0.1, 0.15) is 11.8 Å². The van der Waals surface area contributed by atoms with Gasteiger partial charge in [-0.2, -0.15) is 0 Å². The third-order valence-corrected chi connectivity index (χ3v) is 1.04. The molecule has 1 aromatic rings. The van der Waals surface area contributed by atoms with Gasteiger partial charge in [-0.25, -0.2) is 9.78 Å². The fourth-order valence-corrected chi connectivity index (χ4v) is 0.661. The van der Waals surface area contributed by atoms with E-state index >= 15 is 0 Å². The lowest BCUT2D eigenvalue weighted by Crippen LogP contribution is -2.24. The first-order valence-electron chi connectivity index (χ1n) is 3.64. The minimum absolute atomic E-state index is 0.185. The molecule has 0 atom stereocenters. The van der Waals surface area contributed by atoms with Gasteiger partial charge in [-0.15, -0.1) is 0 Å². The zero-order chi connectivity index (χ0) is 9.19. The number of nitrogens with one attached hydrogen (secondary N) is 1. The van der Waals surface area contributed by atoms with Gasteiger partial charge in [-0.1, -0.05) is 0 Å². The Balaban J connectivity index is 2.63. The molecule has 0 aromatic carbocycles. The number of ether oxygens (including phenoxy) is 1. The predicted molar refractivity (Wildman–Crippen MR) is 42.6 cm³/mol. The van der Waals surface area contributed by atoms with Crippen LogP contribution in [0, 0.1) is 6.20 Å². The number of esters is 1. The molecule has 1 aromatic heterocycles. The third-order valence-electron chi connectivity index (χ3n) is 1.04. The van der Waals surface area contributed by atoms with E-state index in [-0.39, 0.29) is 5.82 Å². The quantitative estimate of drug-likeness (QED) is 0.638. The summed E-state index contributed by atoms with van der Waals surface area (Å²) in [6.45, 7) is 5.41. The van der Waals surface area contributed by atoms with Gasteiger partial charge in [0.2, 0.25) is 5.82 Å². The summed E-state index contributed by atoms with van der Waals surface area (Å²) in [5.41, 5.74) is -0.482. The Hall–Kier alpha value is -1.32. The molecule has 0 aliphatic heterocycles. The second-order valence-corrected chi connectivity index (χ2v) is 3.38. The van der Waals surface area contributed by atoms with E-state index in [1.807, 2.05) is 0 Å². The number of carbonyl (C=O) groups excluding carboxylic acids is 1. The molecule has 0 aliphatic carbocycles. The van der Waals surface area contributed by atoms with Crippen molar-refractivity contribution in [2.75, 3.05) is 0 Å². The van der Waals surface area contributed by atoms with Crippen LogP contribution in [-0.4, -0.2) is 21.5 Å². The maximum atomic E-state index is 11.2. The second kappa shape index (κ2) is 2.97. The molecule has 0 aliphatic rings. The molecule has 4 nitrogen and oxygen atoms in total. The minimum atomic E-state index is -0.482. The average molecular weight is 167 g/mol. The van der Waals surface area contributed by atoms with Crippen molar-refractivity contribution in [2.24, 2.45) is 0 Å². The van der Waals surface area contributed by atoms with Gasteiger partial charge in [0.15, 0.2) is 0 Å². The molecule has 4 heteroatoms. The molecule has 1 heterocycles. The van der Waals surface area contributed by atoms with E-state index in [9.17, 15) is 4.79 Å². The van der Waals surface area contributed by atoms with Crippen molar-refractivity contribution in [3.8, 4) is 0 Å². The molecule has 1 N–H and O–H groups in total. The van der Waals surface area contributed by atoms with Gasteiger partial charge in [-0.05, 0) is 20.8 Å². The Morgan fingerprint density at radius 3 is 2.75 bits per heavy atom. The summed E-state index contributed by atoms with van der Waals surface area (Å²) in [5, 5.41) is 0. The lowest BCUT2D eigenvalue weighted by molar-refractivity contribution is 0.00568. The highest BCUT2D eigenvalue weighted by atomic mass is 16.6. The molecule has 0 amide bonds. The van der Waals surface area contributed by atoms with Crippen molar-refractivity contribution < 1.29 is 9.53 Å². The molecule has 0 spiro atoms. The molecule has 0 saturated heterocycles. The molecule has 0 unspecified atom stereocenters. The maximum Gasteiger partial charge on any atom is 0.374 e. The Morgan fingerprint density at radius 1 is 1.67 bits per heavy atom. The number of aromatic amines is 1. The Morgan fingerprint density at radius 2 is 2.33 bits per heavy atom. The van der Waals surface area contributed by atoms with Crippen LogP contribution in [0.5, 0.6) is 0 Å². The predicted octanol–water partition coefficient (Wildman–Crippen LogP) is 1.17. The highest BCUT2D eigenvalue weighted by Gasteiger charge is 2.18. The number of aromatic nitrogens is 2. The number of rotatable bonds is 1. The van der Waals surface area contributed by atoms with E-state index in [1.54, 1.807) is 20.8 Å². The Kier molecular flexibility index (Phi) is 2.17. The summed E-state index contributed by atoms with van der Waals surface area (Å²) in [5.74, 6) is -0.270. The number of imidazole rings is 1. The zero-order valence-electron chi connectivity index (χ0n) is 7.34. The molecule has 1 radical (unpaired) electrons. The van der Waals surface area contributed by atoms with Crippen LogP contribution in [0.15, 0.2) is 6.20 Å². The first kappa shape index (κ1) is 8.77. The average Bonchev–Trinajstić information content (AvgIpc) is 2.32. The fourth-order valence-electron chi connectivity index (χ4n) is 0.661. The standard InChI is InChI=1S/C8H11N2O2/c1-8(2,3)12-7(11)6-9-4-5-10-6/h4H,1-3H3,(H,9,10). The van der Waals surface area contributed by atoms with Crippen molar-refractivity contribution in [2.45, 2.75) is 26.4 Å². The van der Waals surface area contributed by atoms with E-state index in [0.29, 0.717) is 0 Å². The molecule has 1 rings (SSSR count). The van der Waals surface area contributed by atoms with E-state index in [2.05, 4.69) is 16.2 Å². The highest BCUT2D eigenvalue weighted by Crippen LogP contribution is 2.08. The monoisotopic (exact) mass is 167 g/mol. The second-order valence-electron chi connectivity index (χ2n) is 3.38. The van der Waals surface area contributed by atoms with Gasteiger partial charge in [0.25, 0.3) is 0 Å². The van der Waals surface area contributed by atoms with Gasteiger partial charge < -0.3 is 9.72 Å². The summed E-state index contributed by atoms with van der Waals surface area (Å²) < 4.78 is 5.03. The van der Waals surface area contributed by atoms with Crippen molar-refractivity contribution in [3.63, 3.8) is 0 Å². The first-order valence-corrected chi connectivity index (χ1v) is 3.64. The van der Waals surface area contributed by atoms with E-state index in [0.717, 1.165) is 0 Å². The maximum absolute atomic E-state index is 11.2. The smallest absolute Gasteiger partial charge is 0.374 e. The summed E-state index contributed by atoms with van der Waals surface area (Å²) >= 11 is 0. The Labute approximate surface area is 71.0 Å². The van der Waals surface area contributed by atoms with Crippen LogP contribution in [-0.2, 0) is 4.74 Å². The lowest BCUT2D eigenvalue weighted by atomic mass is 10.2. The van der Waals surface area contributed by atoms with Crippen LogP contribution in [0.2, 0.25) is 0 Å². The molecular weight excluding hydrogens is 156 g/mol. The number of H-pyrrole nitrogens is 1. The summed E-state index contributed by atoms with van der Waals surface area (Å²) in [6, 6.07) is 0. The minimum Gasteiger partial charge on any atom is -0.454 e. The largest absolute Gasteiger partial charge is 0.454 e. The fraction of sp³-hybridized carbons (Fsp3) is 0.500. The van der Waals surface area contributed by atoms with Crippen LogP contribution in [0.25, 0.3) is 0 Å². The van der Waals surface area contributed by atoms with Gasteiger partial charge in [0.05, 0.1) is 0 Å². The van der Waals surface area contributed by atoms with Crippen molar-refractivity contribution in [1.82, 2.24) is 9.97 Å². The SMILES string of the molecule is CC(C)(C)OC(=O)c1n[c]c[nH]1. The first-order chi connectivity index (χ1) is 5.49. The highest BCUT2D eigenvalue weighted by molar-refractivity contribution is 5.85. The van der Waals surface area contributed by atoms with Gasteiger partial charge in [0, 0.05) is 6.20 Å². The van der Waals surface area contributed by atoms with E-state index < -0.39 is 11.6 Å². The third kappa shape index (κ3) is 2.38. The molecule has 0 bridgehead atoms. The van der Waals surface area contributed by atoms with E-state index in [1.165, 1.54) is 6.20 Å². The van der Waals surface area contributed by atoms with Crippen LogP contribution < -0.4 is 0 Å². The van der Waals surface area contributed by atoms with Gasteiger partial charge >= 0.3 is 5.97 Å². The van der Waals surface area contributed by atoms with Crippen LogP contribution in [0.1, 0.15) is 31.4 Å². The van der Waals surface area contributed by atoms with Crippen LogP contribution >= 0.6 is 0 Å². The zero-order valence-corrected chi connectivity index (χ0v) is 7.34. The van der Waals surface area contributed by atoms with Crippen molar-refractivity contribution >= 4 is 5.97 Å². The van der Waals surface area contributed by atoms with E-state index in [4.69, 9.17) is 4.74 Å². The van der Waals surface area contributed by atoms with Gasteiger partial charge in [-0.3, -0.25) is 0 Å². The summed E-state index contributed by atoms with van der Waals surface area (Å²) in [7, 11) is 0. The topological polar surface area (TPSA) is 55.0 Å². The molecule has 65 valence electrons. The van der Waals surface area contributed by atoms with Crippen LogP contribution in [0.4, 0.5) is 0 Å². The van der Waals surface area contributed by atoms with Crippen molar-refractivity contribution in [3.05, 3.63) is 18.2 Å². The number of nitrogens with zero attached hydrogens (tertiary/aromatic N) is 1. The lowest BCUT2D eigenvalue weighted by Gasteiger charge is -2.18. The van der Waals surface area contributed by atoms with Crippen molar-refractivity contribution in [1.29, 1.82) is 0 Å². The normalized spacial score (nSPS) is 11.2. The Bertz CT molecular complexity index is 259. The molecule has 0 fully saturated rings. The molecular formula is C8H11N2O2. The summed E-state index contributed by atoms with van der Waals surface area (Å²) in [4.78, 5) is 17.4.